The molecule has 0 spiro atoms. The third kappa shape index (κ3) is 0.593. The number of hydrogen-bond donors (Lipinski definition) is 0. The van der Waals surface area contributed by atoms with E-state index >= 15 is 0 Å². The van der Waals surface area contributed by atoms with E-state index in [9.17, 15) is 0 Å². The number of fused-ring (bicyclic) bond motifs is 1. The Morgan fingerprint density at radius 1 is 1.30 bits per heavy atom. The summed E-state index contributed by atoms with van der Waals surface area (Å²) < 4.78 is 10.2. The molecule has 0 atom stereocenters. The molecular formula is C6H6N2OS. The van der Waals surface area contributed by atoms with Gasteiger partial charge in [-0.15, -0.1) is 0 Å². The molecule has 0 aliphatic heterocycles. The van der Waals surface area contributed by atoms with Crippen molar-refractivity contribution in [1.29, 1.82) is 0 Å². The van der Waals surface area contributed by atoms with Crippen molar-refractivity contribution in [3.05, 3.63) is 11.4 Å². The summed E-state index contributed by atoms with van der Waals surface area (Å²) in [7, 11) is 0. The summed E-state index contributed by atoms with van der Waals surface area (Å²) >= 11 is 1.44. The SMILES string of the molecule is Cc1nsc2c(C)noc12. The zero-order valence-corrected chi connectivity index (χ0v) is 6.53. The average Bonchev–Trinajstić information content (AvgIpc) is 2.41. The topological polar surface area (TPSA) is 38.9 Å². The Labute approximate surface area is 61.8 Å². The molecule has 2 rings (SSSR count). The van der Waals surface area contributed by atoms with Gasteiger partial charge in [-0.05, 0) is 25.4 Å². The summed E-state index contributed by atoms with van der Waals surface area (Å²) in [5, 5.41) is 3.81. The fourth-order valence-corrected chi connectivity index (χ4v) is 1.60. The molecule has 0 bridgehead atoms. The molecule has 0 amide bonds. The van der Waals surface area contributed by atoms with Crippen molar-refractivity contribution in [2.75, 3.05) is 0 Å². The molecule has 0 saturated carbocycles. The van der Waals surface area contributed by atoms with E-state index in [4.69, 9.17) is 4.52 Å². The average molecular weight is 154 g/mol. The van der Waals surface area contributed by atoms with Crippen molar-refractivity contribution < 1.29 is 4.52 Å². The lowest BCUT2D eigenvalue weighted by Gasteiger charge is -1.72. The maximum Gasteiger partial charge on any atom is 0.200 e. The van der Waals surface area contributed by atoms with E-state index < -0.39 is 0 Å². The molecule has 0 fully saturated rings. The maximum absolute atomic E-state index is 5.02. The number of hydrogen-bond acceptors (Lipinski definition) is 4. The van der Waals surface area contributed by atoms with Crippen LogP contribution in [-0.4, -0.2) is 9.53 Å². The minimum Gasteiger partial charge on any atom is -0.353 e. The predicted octanol–water partition coefficient (Wildman–Crippen LogP) is 1.90. The number of aryl methyl sites for hydroxylation is 2. The molecule has 0 radical (unpaired) electrons. The minimum absolute atomic E-state index is 0.836. The van der Waals surface area contributed by atoms with Gasteiger partial charge >= 0.3 is 0 Å². The van der Waals surface area contributed by atoms with Crippen LogP contribution in [0, 0.1) is 13.8 Å². The van der Waals surface area contributed by atoms with Gasteiger partial charge < -0.3 is 4.52 Å². The Kier molecular flexibility index (Phi) is 1.05. The molecule has 10 heavy (non-hydrogen) atoms. The number of aromatic nitrogens is 2. The summed E-state index contributed by atoms with van der Waals surface area (Å²) in [6.07, 6.45) is 0. The van der Waals surface area contributed by atoms with Crippen LogP contribution < -0.4 is 0 Å². The van der Waals surface area contributed by atoms with Crippen molar-refractivity contribution in [2.45, 2.75) is 13.8 Å². The molecule has 0 aliphatic carbocycles. The van der Waals surface area contributed by atoms with Crippen LogP contribution in [0.4, 0.5) is 0 Å². The second-order valence-electron chi connectivity index (χ2n) is 2.19. The first-order valence-corrected chi connectivity index (χ1v) is 3.74. The van der Waals surface area contributed by atoms with Crippen molar-refractivity contribution in [3.8, 4) is 0 Å². The Balaban J connectivity index is 2.95. The third-order valence-electron chi connectivity index (χ3n) is 1.41. The quantitative estimate of drug-likeness (QED) is 0.581. The van der Waals surface area contributed by atoms with Crippen LogP contribution in [0.1, 0.15) is 11.4 Å². The lowest BCUT2D eigenvalue weighted by atomic mass is 10.4. The molecule has 3 nitrogen and oxygen atoms in total. The van der Waals surface area contributed by atoms with E-state index in [0.717, 1.165) is 21.7 Å². The fourth-order valence-electron chi connectivity index (χ4n) is 0.855. The summed E-state index contributed by atoms with van der Waals surface area (Å²) in [5.41, 5.74) is 2.70. The molecule has 0 aromatic carbocycles. The van der Waals surface area contributed by atoms with Crippen LogP contribution in [-0.2, 0) is 0 Å². The summed E-state index contributed by atoms with van der Waals surface area (Å²) in [4.78, 5) is 0. The first-order valence-electron chi connectivity index (χ1n) is 2.97. The Morgan fingerprint density at radius 2 is 2.10 bits per heavy atom. The van der Waals surface area contributed by atoms with Gasteiger partial charge in [-0.2, -0.15) is 4.37 Å². The second-order valence-corrected chi connectivity index (χ2v) is 2.97. The molecule has 0 unspecified atom stereocenters. The summed E-state index contributed by atoms with van der Waals surface area (Å²) in [6, 6.07) is 0. The molecule has 4 heteroatoms. The molecule has 0 N–H and O–H groups in total. The highest BCUT2D eigenvalue weighted by atomic mass is 32.1. The predicted molar refractivity (Wildman–Crippen MR) is 39.2 cm³/mol. The highest BCUT2D eigenvalue weighted by Gasteiger charge is 2.09. The smallest absolute Gasteiger partial charge is 0.200 e. The minimum atomic E-state index is 0.836. The first kappa shape index (κ1) is 5.85. The molecule has 52 valence electrons. The van der Waals surface area contributed by atoms with Crippen molar-refractivity contribution in [3.63, 3.8) is 0 Å². The molecule has 0 saturated heterocycles. The van der Waals surface area contributed by atoms with Gasteiger partial charge in [0.15, 0.2) is 0 Å². The second kappa shape index (κ2) is 1.79. The van der Waals surface area contributed by atoms with Crippen LogP contribution in [0.15, 0.2) is 4.52 Å². The van der Waals surface area contributed by atoms with Crippen LogP contribution in [0.25, 0.3) is 10.3 Å². The Bertz CT molecular complexity index is 327. The van der Waals surface area contributed by atoms with E-state index in [1.165, 1.54) is 11.5 Å². The summed E-state index contributed by atoms with van der Waals surface area (Å²) in [6.45, 7) is 3.84. The van der Waals surface area contributed by atoms with Gasteiger partial charge in [-0.1, -0.05) is 5.16 Å². The van der Waals surface area contributed by atoms with E-state index in [1.807, 2.05) is 13.8 Å². The molecule has 0 aliphatic rings. The van der Waals surface area contributed by atoms with Crippen LogP contribution >= 0.6 is 11.5 Å². The highest BCUT2D eigenvalue weighted by Crippen LogP contribution is 2.24. The lowest BCUT2D eigenvalue weighted by Crippen LogP contribution is -1.64. The van der Waals surface area contributed by atoms with Crippen LogP contribution in [0.5, 0.6) is 0 Å². The van der Waals surface area contributed by atoms with Crippen molar-refractivity contribution >= 4 is 21.8 Å². The largest absolute Gasteiger partial charge is 0.353 e. The van der Waals surface area contributed by atoms with Gasteiger partial charge in [0.2, 0.25) is 5.58 Å². The molecular weight excluding hydrogens is 148 g/mol. The maximum atomic E-state index is 5.02. The lowest BCUT2D eigenvalue weighted by molar-refractivity contribution is 0.448. The Morgan fingerprint density at radius 3 is 2.80 bits per heavy atom. The van der Waals surface area contributed by atoms with Crippen LogP contribution in [0.3, 0.4) is 0 Å². The standard InChI is InChI=1S/C6H6N2OS/c1-3-5-6(10-8-3)4(2)7-9-5/h1-2H3. The van der Waals surface area contributed by atoms with Gasteiger partial charge in [0, 0.05) is 0 Å². The Hall–Kier alpha value is -0.900. The van der Waals surface area contributed by atoms with E-state index in [-0.39, 0.29) is 0 Å². The zero-order chi connectivity index (χ0) is 7.14. The van der Waals surface area contributed by atoms with E-state index in [0.29, 0.717) is 0 Å². The number of nitrogens with zero attached hydrogens (tertiary/aromatic N) is 2. The molecule has 2 aromatic heterocycles. The van der Waals surface area contributed by atoms with E-state index in [2.05, 4.69) is 9.53 Å². The highest BCUT2D eigenvalue weighted by molar-refractivity contribution is 7.13. The first-order chi connectivity index (χ1) is 4.79. The molecule has 2 aromatic rings. The van der Waals surface area contributed by atoms with E-state index in [1.54, 1.807) is 0 Å². The van der Waals surface area contributed by atoms with Crippen molar-refractivity contribution in [2.24, 2.45) is 0 Å². The summed E-state index contributed by atoms with van der Waals surface area (Å²) in [5.74, 6) is 0. The fraction of sp³-hybridized carbons (Fsp3) is 0.333. The normalized spacial score (nSPS) is 11.0. The monoisotopic (exact) mass is 154 g/mol. The van der Waals surface area contributed by atoms with Crippen molar-refractivity contribution in [1.82, 2.24) is 9.53 Å². The van der Waals surface area contributed by atoms with Crippen LogP contribution in [0.2, 0.25) is 0 Å². The van der Waals surface area contributed by atoms with Gasteiger partial charge in [-0.25, -0.2) is 0 Å². The molecule has 2 heterocycles. The third-order valence-corrected chi connectivity index (χ3v) is 2.44. The number of rotatable bonds is 0. The van der Waals surface area contributed by atoms with Gasteiger partial charge in [0.25, 0.3) is 0 Å². The van der Waals surface area contributed by atoms with Gasteiger partial charge in [0.1, 0.15) is 4.70 Å². The van der Waals surface area contributed by atoms with Gasteiger partial charge in [-0.3, -0.25) is 0 Å². The van der Waals surface area contributed by atoms with Gasteiger partial charge in [0.05, 0.1) is 11.4 Å². The zero-order valence-electron chi connectivity index (χ0n) is 5.71.